The summed E-state index contributed by atoms with van der Waals surface area (Å²) in [6.45, 7) is 4.99. The Morgan fingerprint density at radius 2 is 2.40 bits per heavy atom. The van der Waals surface area contributed by atoms with E-state index in [1.54, 1.807) is 19.1 Å². The molecule has 1 fully saturated rings. The molecular formula is C15H22N2O3. The number of benzene rings is 1. The molecule has 1 aliphatic heterocycles. The molecule has 1 heterocycles. The van der Waals surface area contributed by atoms with Gasteiger partial charge in [0.1, 0.15) is 0 Å². The molecule has 0 aliphatic carbocycles. The molecule has 2 atom stereocenters. The lowest BCUT2D eigenvalue weighted by molar-refractivity contribution is 0.0527. The Kier molecular flexibility index (Phi) is 4.84. The molecule has 5 heteroatoms. The summed E-state index contributed by atoms with van der Waals surface area (Å²) in [6, 6.07) is 5.36. The maximum atomic E-state index is 12.0. The highest BCUT2D eigenvalue weighted by atomic mass is 16.5. The molecule has 0 radical (unpaired) electrons. The number of hydrogen-bond donors (Lipinski definition) is 2. The highest BCUT2D eigenvalue weighted by Crippen LogP contribution is 2.24. The van der Waals surface area contributed by atoms with E-state index in [1.165, 1.54) is 0 Å². The van der Waals surface area contributed by atoms with E-state index in [1.807, 2.05) is 6.07 Å². The quantitative estimate of drug-likeness (QED) is 0.639. The zero-order valence-corrected chi connectivity index (χ0v) is 12.0. The van der Waals surface area contributed by atoms with Crippen molar-refractivity contribution in [2.45, 2.75) is 38.8 Å². The van der Waals surface area contributed by atoms with Gasteiger partial charge in [-0.3, -0.25) is 0 Å². The number of hydrogen-bond acceptors (Lipinski definition) is 5. The summed E-state index contributed by atoms with van der Waals surface area (Å²) in [4.78, 5) is 12.0. The first-order valence-electron chi connectivity index (χ1n) is 7.06. The van der Waals surface area contributed by atoms with Crippen molar-refractivity contribution in [2.24, 2.45) is 0 Å². The molecule has 1 aliphatic rings. The highest BCUT2D eigenvalue weighted by Gasteiger charge is 2.23. The lowest BCUT2D eigenvalue weighted by atomic mass is 10.1. The van der Waals surface area contributed by atoms with Gasteiger partial charge in [0, 0.05) is 24.0 Å². The molecule has 5 nitrogen and oxygen atoms in total. The zero-order valence-electron chi connectivity index (χ0n) is 12.0. The van der Waals surface area contributed by atoms with Crippen LogP contribution in [0.25, 0.3) is 0 Å². The minimum atomic E-state index is -0.359. The number of ether oxygens (including phenoxy) is 2. The average Bonchev–Trinajstić information content (AvgIpc) is 2.95. The van der Waals surface area contributed by atoms with Crippen LogP contribution < -0.4 is 11.1 Å². The van der Waals surface area contributed by atoms with Crippen LogP contribution in [0.4, 0.5) is 11.4 Å². The van der Waals surface area contributed by atoms with E-state index < -0.39 is 0 Å². The van der Waals surface area contributed by atoms with E-state index in [9.17, 15) is 4.79 Å². The number of rotatable bonds is 5. The second-order valence-corrected chi connectivity index (χ2v) is 5.01. The van der Waals surface area contributed by atoms with Crippen LogP contribution in [0.15, 0.2) is 18.2 Å². The second-order valence-electron chi connectivity index (χ2n) is 5.01. The van der Waals surface area contributed by atoms with Crippen LogP contribution in [-0.4, -0.2) is 31.3 Å². The Balaban J connectivity index is 2.15. The van der Waals surface area contributed by atoms with Gasteiger partial charge < -0.3 is 20.5 Å². The van der Waals surface area contributed by atoms with Crippen LogP contribution in [0, 0.1) is 0 Å². The summed E-state index contributed by atoms with van der Waals surface area (Å²) < 4.78 is 10.7. The third kappa shape index (κ3) is 3.42. The first-order chi connectivity index (χ1) is 9.61. The standard InChI is InChI=1S/C15H22N2O3/c1-3-19-15(18)12-9-11(16)6-7-13(12)17-10(2)14-5-4-8-20-14/h6-7,9-10,14,17H,3-5,8,16H2,1-2H3. The summed E-state index contributed by atoms with van der Waals surface area (Å²) >= 11 is 0. The van der Waals surface area contributed by atoms with E-state index in [0.717, 1.165) is 25.1 Å². The molecule has 0 saturated carbocycles. The van der Waals surface area contributed by atoms with Gasteiger partial charge in [0.05, 0.1) is 18.3 Å². The van der Waals surface area contributed by atoms with Crippen molar-refractivity contribution in [2.75, 3.05) is 24.3 Å². The molecule has 1 saturated heterocycles. The minimum absolute atomic E-state index is 0.134. The Morgan fingerprint density at radius 3 is 3.05 bits per heavy atom. The van der Waals surface area contributed by atoms with Crippen molar-refractivity contribution in [3.8, 4) is 0 Å². The fraction of sp³-hybridized carbons (Fsp3) is 0.533. The summed E-state index contributed by atoms with van der Waals surface area (Å²) in [7, 11) is 0. The normalized spacial score (nSPS) is 19.6. The van der Waals surface area contributed by atoms with E-state index >= 15 is 0 Å². The Labute approximate surface area is 119 Å². The third-order valence-corrected chi connectivity index (χ3v) is 3.44. The summed E-state index contributed by atoms with van der Waals surface area (Å²) in [5.41, 5.74) is 7.50. The fourth-order valence-electron chi connectivity index (χ4n) is 2.40. The van der Waals surface area contributed by atoms with Crippen molar-refractivity contribution in [1.82, 2.24) is 0 Å². The topological polar surface area (TPSA) is 73.6 Å². The van der Waals surface area contributed by atoms with Crippen molar-refractivity contribution in [3.63, 3.8) is 0 Å². The number of nitrogen functional groups attached to an aromatic ring is 1. The van der Waals surface area contributed by atoms with Gasteiger partial charge in [-0.1, -0.05) is 0 Å². The van der Waals surface area contributed by atoms with Crippen LogP contribution in [0.1, 0.15) is 37.0 Å². The first-order valence-corrected chi connectivity index (χ1v) is 7.06. The largest absolute Gasteiger partial charge is 0.462 e. The van der Waals surface area contributed by atoms with Crippen molar-refractivity contribution < 1.29 is 14.3 Å². The summed E-state index contributed by atoms with van der Waals surface area (Å²) in [5, 5.41) is 3.34. The third-order valence-electron chi connectivity index (χ3n) is 3.44. The van der Waals surface area contributed by atoms with Gasteiger partial charge in [-0.15, -0.1) is 0 Å². The summed E-state index contributed by atoms with van der Waals surface area (Å²) in [5.74, 6) is -0.359. The van der Waals surface area contributed by atoms with E-state index in [0.29, 0.717) is 17.9 Å². The smallest absolute Gasteiger partial charge is 0.340 e. The molecule has 20 heavy (non-hydrogen) atoms. The van der Waals surface area contributed by atoms with Crippen molar-refractivity contribution in [1.29, 1.82) is 0 Å². The van der Waals surface area contributed by atoms with Crippen LogP contribution in [0.2, 0.25) is 0 Å². The van der Waals surface area contributed by atoms with Gasteiger partial charge in [-0.2, -0.15) is 0 Å². The Bertz CT molecular complexity index is 470. The van der Waals surface area contributed by atoms with Gasteiger partial charge in [0.25, 0.3) is 0 Å². The van der Waals surface area contributed by atoms with Gasteiger partial charge in [0.15, 0.2) is 0 Å². The molecule has 0 aromatic heterocycles. The maximum absolute atomic E-state index is 12.0. The fourth-order valence-corrected chi connectivity index (χ4v) is 2.40. The van der Waals surface area contributed by atoms with E-state index in [2.05, 4.69) is 12.2 Å². The van der Waals surface area contributed by atoms with Crippen LogP contribution in [0.3, 0.4) is 0 Å². The SMILES string of the molecule is CCOC(=O)c1cc(N)ccc1NC(C)C1CCCO1. The Hall–Kier alpha value is -1.75. The highest BCUT2D eigenvalue weighted by molar-refractivity contribution is 5.96. The Morgan fingerprint density at radius 1 is 1.60 bits per heavy atom. The van der Waals surface area contributed by atoms with Gasteiger partial charge in [-0.25, -0.2) is 4.79 Å². The molecular weight excluding hydrogens is 256 g/mol. The monoisotopic (exact) mass is 278 g/mol. The first kappa shape index (κ1) is 14.7. The molecule has 0 spiro atoms. The van der Waals surface area contributed by atoms with Crippen molar-refractivity contribution >= 4 is 17.3 Å². The predicted octanol–water partition coefficient (Wildman–Crippen LogP) is 2.42. The zero-order chi connectivity index (χ0) is 14.5. The minimum Gasteiger partial charge on any atom is -0.462 e. The van der Waals surface area contributed by atoms with E-state index in [4.69, 9.17) is 15.2 Å². The van der Waals surface area contributed by atoms with Gasteiger partial charge in [0.2, 0.25) is 0 Å². The molecule has 2 unspecified atom stereocenters. The number of nitrogens with one attached hydrogen (secondary N) is 1. The number of carbonyl (C=O) groups excluding carboxylic acids is 1. The van der Waals surface area contributed by atoms with E-state index in [-0.39, 0.29) is 18.1 Å². The maximum Gasteiger partial charge on any atom is 0.340 e. The molecule has 0 amide bonds. The van der Waals surface area contributed by atoms with Crippen LogP contribution in [0.5, 0.6) is 0 Å². The molecule has 2 rings (SSSR count). The number of nitrogens with two attached hydrogens (primary N) is 1. The second kappa shape index (κ2) is 6.61. The van der Waals surface area contributed by atoms with Gasteiger partial charge in [-0.05, 0) is 44.9 Å². The lowest BCUT2D eigenvalue weighted by Gasteiger charge is -2.22. The molecule has 0 bridgehead atoms. The van der Waals surface area contributed by atoms with Crippen molar-refractivity contribution in [3.05, 3.63) is 23.8 Å². The molecule has 1 aromatic rings. The molecule has 1 aromatic carbocycles. The average molecular weight is 278 g/mol. The number of carbonyl (C=O) groups is 1. The lowest BCUT2D eigenvalue weighted by Crippen LogP contribution is -2.30. The van der Waals surface area contributed by atoms with Crippen LogP contribution >= 0.6 is 0 Å². The predicted molar refractivity (Wildman–Crippen MR) is 78.9 cm³/mol. The summed E-state index contributed by atoms with van der Waals surface area (Å²) in [6.07, 6.45) is 2.31. The van der Waals surface area contributed by atoms with Gasteiger partial charge >= 0.3 is 5.97 Å². The number of esters is 1. The molecule has 110 valence electrons. The van der Waals surface area contributed by atoms with Crippen LogP contribution in [-0.2, 0) is 9.47 Å². The molecule has 3 N–H and O–H groups in total. The number of anilines is 2.